The molecule has 0 aromatic heterocycles. The summed E-state index contributed by atoms with van der Waals surface area (Å²) in [5.74, 6) is 6.47. The molecule has 0 aliphatic heterocycles. The zero-order valence-electron chi connectivity index (χ0n) is 18.0. The average molecular weight is 353 g/mol. The molecule has 0 bridgehead atoms. The van der Waals surface area contributed by atoms with Gasteiger partial charge in [0.15, 0.2) is 5.60 Å². The van der Waals surface area contributed by atoms with E-state index in [1.54, 1.807) is 0 Å². The Morgan fingerprint density at radius 2 is 1.16 bits per heavy atom. The van der Waals surface area contributed by atoms with Crippen LogP contribution in [-0.2, 0) is 9.78 Å². The maximum Gasteiger partial charge on any atom is 0.158 e. The van der Waals surface area contributed by atoms with Gasteiger partial charge in [0, 0.05) is 6.42 Å². The smallest absolute Gasteiger partial charge is 0.158 e. The van der Waals surface area contributed by atoms with Gasteiger partial charge < -0.3 is 0 Å². The van der Waals surface area contributed by atoms with Crippen LogP contribution in [0.25, 0.3) is 0 Å². The molecule has 0 heterocycles. The van der Waals surface area contributed by atoms with Gasteiger partial charge in [-0.1, -0.05) is 84.0 Å². The van der Waals surface area contributed by atoms with Crippen LogP contribution >= 0.6 is 0 Å². The van der Waals surface area contributed by atoms with Crippen LogP contribution in [0.15, 0.2) is 0 Å². The first-order valence-corrected chi connectivity index (χ1v) is 10.7. The van der Waals surface area contributed by atoms with E-state index in [1.807, 2.05) is 13.8 Å². The molecule has 0 aliphatic carbocycles. The molecule has 25 heavy (non-hydrogen) atoms. The van der Waals surface area contributed by atoms with Gasteiger partial charge in [-0.25, -0.2) is 9.78 Å². The Morgan fingerprint density at radius 3 is 1.68 bits per heavy atom. The molecule has 0 aromatic carbocycles. The van der Waals surface area contributed by atoms with Crippen molar-refractivity contribution in [1.29, 1.82) is 0 Å². The summed E-state index contributed by atoms with van der Waals surface area (Å²) in [7, 11) is 0. The van der Waals surface area contributed by atoms with E-state index in [4.69, 9.17) is 9.78 Å². The number of unbranched alkanes of at least 4 members (excludes halogenated alkanes) is 10. The maximum absolute atomic E-state index is 5.59. The maximum atomic E-state index is 5.59. The predicted molar refractivity (Wildman–Crippen MR) is 109 cm³/mol. The second-order valence-corrected chi connectivity index (χ2v) is 8.42. The highest BCUT2D eigenvalue weighted by Crippen LogP contribution is 2.20. The van der Waals surface area contributed by atoms with Gasteiger partial charge in [0.1, 0.15) is 0 Å². The highest BCUT2D eigenvalue weighted by Gasteiger charge is 2.24. The van der Waals surface area contributed by atoms with Gasteiger partial charge in [-0.15, -0.1) is 5.92 Å². The monoisotopic (exact) mass is 352 g/mol. The summed E-state index contributed by atoms with van der Waals surface area (Å²) < 4.78 is 0. The van der Waals surface area contributed by atoms with Crippen molar-refractivity contribution >= 4 is 0 Å². The van der Waals surface area contributed by atoms with E-state index in [2.05, 4.69) is 39.5 Å². The van der Waals surface area contributed by atoms with Gasteiger partial charge in [0.2, 0.25) is 0 Å². The normalized spacial score (nSPS) is 12.1. The van der Waals surface area contributed by atoms with Crippen molar-refractivity contribution in [3.05, 3.63) is 0 Å². The molecule has 0 aromatic rings. The van der Waals surface area contributed by atoms with Gasteiger partial charge in [-0.05, 0) is 40.5 Å². The third kappa shape index (κ3) is 16.7. The lowest BCUT2D eigenvalue weighted by Gasteiger charge is -2.27. The SMILES string of the molecule is CCCCCCCCCCCCC#CC(C)(C)OOC(C)(C)CCC. The van der Waals surface area contributed by atoms with Crippen molar-refractivity contribution in [3.8, 4) is 11.8 Å². The van der Waals surface area contributed by atoms with Crippen molar-refractivity contribution in [2.24, 2.45) is 0 Å². The van der Waals surface area contributed by atoms with Crippen molar-refractivity contribution in [2.75, 3.05) is 0 Å². The first kappa shape index (κ1) is 24.5. The van der Waals surface area contributed by atoms with E-state index in [-0.39, 0.29) is 5.60 Å². The molecule has 0 rings (SSSR count). The highest BCUT2D eigenvalue weighted by atomic mass is 17.2. The Morgan fingerprint density at radius 1 is 0.640 bits per heavy atom. The van der Waals surface area contributed by atoms with Gasteiger partial charge in [-0.2, -0.15) is 0 Å². The van der Waals surface area contributed by atoms with Gasteiger partial charge in [0.05, 0.1) is 5.60 Å². The Kier molecular flexibility index (Phi) is 14.3. The standard InChI is InChI=1S/C23H44O2/c1-7-9-10-11-12-13-14-15-16-17-18-19-21-23(5,6)25-24-22(3,4)20-8-2/h7-18,20H2,1-6H3. The first-order valence-electron chi connectivity index (χ1n) is 10.7. The molecular formula is C23H44O2. The van der Waals surface area contributed by atoms with E-state index in [0.717, 1.165) is 19.3 Å². The van der Waals surface area contributed by atoms with E-state index in [1.165, 1.54) is 64.2 Å². The molecule has 0 spiro atoms. The summed E-state index contributed by atoms with van der Waals surface area (Å²) in [5, 5.41) is 0. The minimum atomic E-state index is -0.538. The van der Waals surface area contributed by atoms with Crippen molar-refractivity contribution in [3.63, 3.8) is 0 Å². The van der Waals surface area contributed by atoms with Crippen LogP contribution in [0.2, 0.25) is 0 Å². The molecule has 148 valence electrons. The largest absolute Gasteiger partial charge is 0.229 e. The highest BCUT2D eigenvalue weighted by molar-refractivity contribution is 5.10. The second-order valence-electron chi connectivity index (χ2n) is 8.42. The number of hydrogen-bond donors (Lipinski definition) is 0. The zero-order valence-corrected chi connectivity index (χ0v) is 18.0. The van der Waals surface area contributed by atoms with Crippen LogP contribution in [0.4, 0.5) is 0 Å². The molecule has 0 N–H and O–H groups in total. The minimum absolute atomic E-state index is 0.246. The molecule has 2 heteroatoms. The summed E-state index contributed by atoms with van der Waals surface area (Å²) in [4.78, 5) is 11.2. The summed E-state index contributed by atoms with van der Waals surface area (Å²) in [6.07, 6.45) is 16.7. The number of hydrogen-bond acceptors (Lipinski definition) is 2. The van der Waals surface area contributed by atoms with Gasteiger partial charge >= 0.3 is 0 Å². The summed E-state index contributed by atoms with van der Waals surface area (Å²) >= 11 is 0. The first-order chi connectivity index (χ1) is 11.8. The van der Waals surface area contributed by atoms with E-state index >= 15 is 0 Å². The number of rotatable bonds is 15. The lowest BCUT2D eigenvalue weighted by atomic mass is 10.0. The summed E-state index contributed by atoms with van der Waals surface area (Å²) in [6, 6.07) is 0. The Balaban J connectivity index is 3.67. The Hall–Kier alpha value is -0.520. The topological polar surface area (TPSA) is 18.5 Å². The predicted octanol–water partition coefficient (Wildman–Crippen LogP) is 7.61. The molecule has 0 saturated carbocycles. The molecule has 2 nitrogen and oxygen atoms in total. The fourth-order valence-electron chi connectivity index (χ4n) is 2.86. The summed E-state index contributed by atoms with van der Waals surface area (Å²) in [5.41, 5.74) is -0.784. The van der Waals surface area contributed by atoms with Crippen LogP contribution < -0.4 is 0 Å². The fraction of sp³-hybridized carbons (Fsp3) is 0.913. The van der Waals surface area contributed by atoms with Crippen LogP contribution in [0.3, 0.4) is 0 Å². The van der Waals surface area contributed by atoms with Crippen molar-refractivity contribution in [2.45, 2.75) is 136 Å². The third-order valence-corrected chi connectivity index (χ3v) is 4.37. The van der Waals surface area contributed by atoms with Gasteiger partial charge in [0.25, 0.3) is 0 Å². The van der Waals surface area contributed by atoms with Gasteiger partial charge in [-0.3, -0.25) is 0 Å². The van der Waals surface area contributed by atoms with E-state index < -0.39 is 5.60 Å². The van der Waals surface area contributed by atoms with Crippen LogP contribution in [0.5, 0.6) is 0 Å². The van der Waals surface area contributed by atoms with Crippen LogP contribution in [0.1, 0.15) is 125 Å². The van der Waals surface area contributed by atoms with Crippen molar-refractivity contribution in [1.82, 2.24) is 0 Å². The fourth-order valence-corrected chi connectivity index (χ4v) is 2.86. The molecule has 0 fully saturated rings. The lowest BCUT2D eigenvalue weighted by molar-refractivity contribution is -0.389. The minimum Gasteiger partial charge on any atom is -0.229 e. The molecule has 0 atom stereocenters. The van der Waals surface area contributed by atoms with Crippen LogP contribution in [0, 0.1) is 11.8 Å². The molecule has 0 unspecified atom stereocenters. The average Bonchev–Trinajstić information content (AvgIpc) is 2.54. The Labute approximate surface area is 158 Å². The summed E-state index contributed by atoms with van der Waals surface area (Å²) in [6.45, 7) is 12.5. The molecule has 0 radical (unpaired) electrons. The van der Waals surface area contributed by atoms with Crippen molar-refractivity contribution < 1.29 is 9.78 Å². The quantitative estimate of drug-likeness (QED) is 0.131. The molecule has 0 aliphatic rings. The van der Waals surface area contributed by atoms with Crippen LogP contribution in [-0.4, -0.2) is 11.2 Å². The lowest BCUT2D eigenvalue weighted by Crippen LogP contribution is -2.31. The van der Waals surface area contributed by atoms with E-state index in [9.17, 15) is 0 Å². The molecular weight excluding hydrogens is 308 g/mol. The second kappa shape index (κ2) is 14.6. The Bertz CT molecular complexity index is 360. The van der Waals surface area contributed by atoms with E-state index in [0.29, 0.717) is 0 Å². The zero-order chi connectivity index (χ0) is 19.0. The third-order valence-electron chi connectivity index (χ3n) is 4.37. The molecule has 0 saturated heterocycles. The molecule has 0 amide bonds.